The lowest BCUT2D eigenvalue weighted by atomic mass is 10.1. The van der Waals surface area contributed by atoms with Crippen molar-refractivity contribution < 1.29 is 9.47 Å². The molecule has 138 valence electrons. The summed E-state index contributed by atoms with van der Waals surface area (Å²) in [5, 5.41) is 0. The highest BCUT2D eigenvalue weighted by Gasteiger charge is 2.17. The van der Waals surface area contributed by atoms with E-state index in [4.69, 9.17) is 9.47 Å². The van der Waals surface area contributed by atoms with Crippen LogP contribution in [0.15, 0.2) is 0 Å². The van der Waals surface area contributed by atoms with Gasteiger partial charge in [-0.05, 0) is 39.0 Å². The van der Waals surface area contributed by atoms with Crippen molar-refractivity contribution in [3.8, 4) is 0 Å². The standard InChI is InChI=1S/C19H40N2O2/c1-5-19(4)17-21-11-9-20(10-12-21)13-16-22-14-7-6-8-15-23-18(2)3/h18-19H,5-17H2,1-4H3/t19-/m0/s1. The van der Waals surface area contributed by atoms with Gasteiger partial charge in [0.1, 0.15) is 0 Å². The van der Waals surface area contributed by atoms with Gasteiger partial charge in [0, 0.05) is 52.5 Å². The Morgan fingerprint density at radius 2 is 1.48 bits per heavy atom. The highest BCUT2D eigenvalue weighted by atomic mass is 16.5. The highest BCUT2D eigenvalue weighted by molar-refractivity contribution is 4.73. The van der Waals surface area contributed by atoms with E-state index < -0.39 is 0 Å². The van der Waals surface area contributed by atoms with Crippen LogP contribution < -0.4 is 0 Å². The summed E-state index contributed by atoms with van der Waals surface area (Å²) in [6.45, 7) is 18.7. The van der Waals surface area contributed by atoms with Gasteiger partial charge < -0.3 is 14.4 Å². The Morgan fingerprint density at radius 3 is 2.13 bits per heavy atom. The fraction of sp³-hybridized carbons (Fsp3) is 1.00. The Bertz CT molecular complexity index is 266. The molecule has 0 aromatic carbocycles. The Hall–Kier alpha value is -0.160. The maximum atomic E-state index is 5.78. The van der Waals surface area contributed by atoms with Crippen LogP contribution in [-0.4, -0.2) is 75.0 Å². The summed E-state index contributed by atoms with van der Waals surface area (Å²) < 4.78 is 11.3. The summed E-state index contributed by atoms with van der Waals surface area (Å²) in [4.78, 5) is 5.16. The Labute approximate surface area is 144 Å². The van der Waals surface area contributed by atoms with Gasteiger partial charge in [-0.3, -0.25) is 4.90 Å². The molecule has 1 fully saturated rings. The SMILES string of the molecule is CC[C@H](C)CN1CCN(CCOCCCCCOC(C)C)CC1. The summed E-state index contributed by atoms with van der Waals surface area (Å²) in [5.74, 6) is 0.829. The van der Waals surface area contributed by atoms with E-state index in [1.807, 2.05) is 0 Å². The van der Waals surface area contributed by atoms with Gasteiger partial charge in [0.15, 0.2) is 0 Å². The average molecular weight is 329 g/mol. The van der Waals surface area contributed by atoms with Gasteiger partial charge >= 0.3 is 0 Å². The van der Waals surface area contributed by atoms with E-state index in [1.165, 1.54) is 45.6 Å². The third-order valence-electron chi connectivity index (χ3n) is 4.67. The fourth-order valence-corrected chi connectivity index (χ4v) is 2.86. The molecule has 1 rings (SSSR count). The number of ether oxygens (including phenoxy) is 2. The molecule has 0 spiro atoms. The monoisotopic (exact) mass is 328 g/mol. The van der Waals surface area contributed by atoms with Crippen LogP contribution in [0.4, 0.5) is 0 Å². The van der Waals surface area contributed by atoms with Gasteiger partial charge in [-0.15, -0.1) is 0 Å². The van der Waals surface area contributed by atoms with Crippen molar-refractivity contribution in [1.82, 2.24) is 9.80 Å². The molecular formula is C19H40N2O2. The minimum absolute atomic E-state index is 0.358. The van der Waals surface area contributed by atoms with Crippen molar-refractivity contribution in [3.05, 3.63) is 0 Å². The summed E-state index contributed by atoms with van der Waals surface area (Å²) in [5.41, 5.74) is 0. The first-order chi connectivity index (χ1) is 11.1. The van der Waals surface area contributed by atoms with Gasteiger partial charge in [-0.2, -0.15) is 0 Å². The number of rotatable bonds is 13. The van der Waals surface area contributed by atoms with E-state index in [0.29, 0.717) is 6.10 Å². The second kappa shape index (κ2) is 13.2. The van der Waals surface area contributed by atoms with Crippen molar-refractivity contribution in [2.75, 3.05) is 59.1 Å². The van der Waals surface area contributed by atoms with Crippen LogP contribution in [0, 0.1) is 5.92 Å². The molecule has 0 amide bonds. The number of piperazine rings is 1. The molecule has 0 bridgehead atoms. The molecule has 4 nitrogen and oxygen atoms in total. The second-order valence-electron chi connectivity index (χ2n) is 7.25. The zero-order valence-electron chi connectivity index (χ0n) is 16.1. The molecule has 0 unspecified atom stereocenters. The molecule has 0 radical (unpaired) electrons. The third kappa shape index (κ3) is 11.1. The van der Waals surface area contributed by atoms with E-state index in [-0.39, 0.29) is 0 Å². The molecule has 0 aromatic rings. The van der Waals surface area contributed by atoms with Gasteiger partial charge in [-0.1, -0.05) is 20.3 Å². The van der Waals surface area contributed by atoms with Crippen LogP contribution >= 0.6 is 0 Å². The van der Waals surface area contributed by atoms with Gasteiger partial charge in [-0.25, -0.2) is 0 Å². The minimum atomic E-state index is 0.358. The molecule has 0 saturated carbocycles. The average Bonchev–Trinajstić information content (AvgIpc) is 2.54. The molecule has 1 aliphatic heterocycles. The molecule has 0 aliphatic carbocycles. The van der Waals surface area contributed by atoms with E-state index >= 15 is 0 Å². The summed E-state index contributed by atoms with van der Waals surface area (Å²) in [6.07, 6.45) is 5.17. The van der Waals surface area contributed by atoms with E-state index in [2.05, 4.69) is 37.5 Å². The molecule has 4 heteroatoms. The first-order valence-electron chi connectivity index (χ1n) is 9.75. The van der Waals surface area contributed by atoms with Crippen molar-refractivity contribution in [2.24, 2.45) is 5.92 Å². The maximum Gasteiger partial charge on any atom is 0.0593 e. The Kier molecular flexibility index (Phi) is 12.0. The van der Waals surface area contributed by atoms with Crippen LogP contribution in [0.3, 0.4) is 0 Å². The van der Waals surface area contributed by atoms with Gasteiger partial charge in [0.25, 0.3) is 0 Å². The highest BCUT2D eigenvalue weighted by Crippen LogP contribution is 2.08. The van der Waals surface area contributed by atoms with Gasteiger partial charge in [0.2, 0.25) is 0 Å². The molecule has 1 saturated heterocycles. The molecule has 1 aliphatic rings. The summed E-state index contributed by atoms with van der Waals surface area (Å²) in [7, 11) is 0. The lowest BCUT2D eigenvalue weighted by molar-refractivity contribution is 0.0634. The Morgan fingerprint density at radius 1 is 0.826 bits per heavy atom. The van der Waals surface area contributed by atoms with Crippen molar-refractivity contribution in [2.45, 2.75) is 59.5 Å². The Balaban J connectivity index is 1.88. The van der Waals surface area contributed by atoms with Crippen LogP contribution in [0.2, 0.25) is 0 Å². The fourth-order valence-electron chi connectivity index (χ4n) is 2.86. The molecule has 0 N–H and O–H groups in total. The van der Waals surface area contributed by atoms with Crippen molar-refractivity contribution in [3.63, 3.8) is 0 Å². The van der Waals surface area contributed by atoms with Crippen LogP contribution in [-0.2, 0) is 9.47 Å². The predicted molar refractivity (Wildman–Crippen MR) is 98.1 cm³/mol. The van der Waals surface area contributed by atoms with Crippen LogP contribution in [0.1, 0.15) is 53.4 Å². The minimum Gasteiger partial charge on any atom is -0.380 e. The maximum absolute atomic E-state index is 5.78. The van der Waals surface area contributed by atoms with Crippen molar-refractivity contribution >= 4 is 0 Å². The normalized spacial score (nSPS) is 18.7. The lowest BCUT2D eigenvalue weighted by Gasteiger charge is -2.35. The molecular weight excluding hydrogens is 288 g/mol. The van der Waals surface area contributed by atoms with E-state index in [9.17, 15) is 0 Å². The molecule has 0 aromatic heterocycles. The summed E-state index contributed by atoms with van der Waals surface area (Å²) in [6, 6.07) is 0. The van der Waals surface area contributed by atoms with Crippen LogP contribution in [0.5, 0.6) is 0 Å². The molecule has 23 heavy (non-hydrogen) atoms. The topological polar surface area (TPSA) is 24.9 Å². The number of hydrogen-bond acceptors (Lipinski definition) is 4. The number of unbranched alkanes of at least 4 members (excludes halogenated alkanes) is 2. The molecule has 1 atom stereocenters. The first kappa shape index (κ1) is 20.9. The van der Waals surface area contributed by atoms with E-state index in [0.717, 1.165) is 45.1 Å². The van der Waals surface area contributed by atoms with Gasteiger partial charge in [0.05, 0.1) is 12.7 Å². The quantitative estimate of drug-likeness (QED) is 0.485. The summed E-state index contributed by atoms with van der Waals surface area (Å²) >= 11 is 0. The number of hydrogen-bond donors (Lipinski definition) is 0. The van der Waals surface area contributed by atoms with Crippen LogP contribution in [0.25, 0.3) is 0 Å². The second-order valence-corrected chi connectivity index (χ2v) is 7.25. The first-order valence-corrected chi connectivity index (χ1v) is 9.75. The van der Waals surface area contributed by atoms with Crippen molar-refractivity contribution in [1.29, 1.82) is 0 Å². The molecule has 1 heterocycles. The zero-order valence-corrected chi connectivity index (χ0v) is 16.1. The van der Waals surface area contributed by atoms with E-state index in [1.54, 1.807) is 0 Å². The zero-order chi connectivity index (χ0) is 16.9. The largest absolute Gasteiger partial charge is 0.380 e. The third-order valence-corrected chi connectivity index (χ3v) is 4.67. The lowest BCUT2D eigenvalue weighted by Crippen LogP contribution is -2.48. The number of nitrogens with zero attached hydrogens (tertiary/aromatic N) is 2. The predicted octanol–water partition coefficient (Wildman–Crippen LogP) is 3.26. The smallest absolute Gasteiger partial charge is 0.0593 e.